The number of pyridine rings is 2. The first-order valence-corrected chi connectivity index (χ1v) is 12.0. The zero-order valence-corrected chi connectivity index (χ0v) is 19.7. The molecule has 1 aromatic carbocycles. The van der Waals surface area contributed by atoms with E-state index in [0.717, 1.165) is 73.8 Å². The molecular formula is C27H30N8. The van der Waals surface area contributed by atoms with Crippen LogP contribution in [-0.4, -0.2) is 46.1 Å². The van der Waals surface area contributed by atoms with Crippen molar-refractivity contribution in [3.05, 3.63) is 84.4 Å². The van der Waals surface area contributed by atoms with Gasteiger partial charge in [-0.15, -0.1) is 0 Å². The summed E-state index contributed by atoms with van der Waals surface area (Å²) in [6, 6.07) is 16.6. The predicted molar refractivity (Wildman–Crippen MR) is 141 cm³/mol. The summed E-state index contributed by atoms with van der Waals surface area (Å²) in [5.74, 6) is 2.23. The van der Waals surface area contributed by atoms with Gasteiger partial charge < -0.3 is 21.3 Å². The number of anilines is 4. The molecule has 0 unspecified atom stereocenters. The second-order valence-corrected chi connectivity index (χ2v) is 8.62. The molecule has 0 amide bonds. The van der Waals surface area contributed by atoms with Gasteiger partial charge in [-0.2, -0.15) is 0 Å². The van der Waals surface area contributed by atoms with Crippen LogP contribution < -0.4 is 21.3 Å². The normalized spacial score (nSPS) is 13.5. The van der Waals surface area contributed by atoms with Gasteiger partial charge in [0, 0.05) is 67.7 Å². The molecule has 0 aliphatic carbocycles. The van der Waals surface area contributed by atoms with Crippen LogP contribution >= 0.6 is 0 Å². The van der Waals surface area contributed by atoms with Crippen molar-refractivity contribution in [3.8, 4) is 11.3 Å². The van der Waals surface area contributed by atoms with Gasteiger partial charge in [0.1, 0.15) is 17.5 Å². The maximum Gasteiger partial charge on any atom is 0.150 e. The Hall–Kier alpha value is -4.04. The maximum atomic E-state index is 6.62. The first kappa shape index (κ1) is 22.7. The van der Waals surface area contributed by atoms with Crippen molar-refractivity contribution in [2.45, 2.75) is 19.3 Å². The first-order valence-electron chi connectivity index (χ1n) is 12.0. The Morgan fingerprint density at radius 1 is 0.914 bits per heavy atom. The molecule has 4 N–H and O–H groups in total. The molecule has 3 aromatic heterocycles. The molecule has 5 rings (SSSR count). The van der Waals surface area contributed by atoms with Gasteiger partial charge in [-0.3, -0.25) is 4.98 Å². The highest BCUT2D eigenvalue weighted by Gasteiger charge is 2.17. The van der Waals surface area contributed by atoms with E-state index in [1.165, 1.54) is 5.56 Å². The van der Waals surface area contributed by atoms with Gasteiger partial charge in [0.2, 0.25) is 0 Å². The molecule has 35 heavy (non-hydrogen) atoms. The number of aryl methyl sites for hydroxylation is 1. The van der Waals surface area contributed by atoms with Crippen LogP contribution in [-0.2, 0) is 12.8 Å². The van der Waals surface area contributed by atoms with Crippen LogP contribution in [0.1, 0.15) is 17.5 Å². The SMILES string of the molecule is Nc1cc(Nc2cnccn2)nc(-c2ccnc(N3CCNCC3)c2)c1CCCc1ccccc1. The molecule has 1 saturated heterocycles. The van der Waals surface area contributed by atoms with E-state index in [2.05, 4.69) is 60.8 Å². The highest BCUT2D eigenvalue weighted by Crippen LogP contribution is 2.32. The van der Waals surface area contributed by atoms with Gasteiger partial charge in [-0.05, 0) is 37.0 Å². The fraction of sp³-hybridized carbons (Fsp3) is 0.259. The van der Waals surface area contributed by atoms with E-state index in [1.807, 2.05) is 24.4 Å². The second kappa shape index (κ2) is 10.9. The van der Waals surface area contributed by atoms with Crippen LogP contribution in [0.25, 0.3) is 11.3 Å². The predicted octanol–water partition coefficient (Wildman–Crippen LogP) is 3.84. The highest BCUT2D eigenvalue weighted by molar-refractivity contribution is 5.75. The molecule has 8 heteroatoms. The molecule has 1 fully saturated rings. The number of hydrogen-bond donors (Lipinski definition) is 3. The monoisotopic (exact) mass is 466 g/mol. The Bertz CT molecular complexity index is 1240. The number of nitrogens with zero attached hydrogens (tertiary/aromatic N) is 5. The largest absolute Gasteiger partial charge is 0.398 e. The summed E-state index contributed by atoms with van der Waals surface area (Å²) >= 11 is 0. The molecule has 1 aliphatic heterocycles. The Labute approximate surface area is 205 Å². The first-order chi connectivity index (χ1) is 17.3. The number of piperazine rings is 1. The molecule has 0 radical (unpaired) electrons. The molecule has 0 bridgehead atoms. The average molecular weight is 467 g/mol. The number of nitrogens with two attached hydrogens (primary N) is 1. The van der Waals surface area contributed by atoms with Gasteiger partial charge in [0.15, 0.2) is 0 Å². The lowest BCUT2D eigenvalue weighted by molar-refractivity contribution is 0.585. The van der Waals surface area contributed by atoms with Crippen LogP contribution in [0, 0.1) is 0 Å². The summed E-state index contributed by atoms with van der Waals surface area (Å²) in [7, 11) is 0. The van der Waals surface area contributed by atoms with Gasteiger partial charge in [-0.1, -0.05) is 30.3 Å². The molecule has 0 saturated carbocycles. The third-order valence-electron chi connectivity index (χ3n) is 6.17. The van der Waals surface area contributed by atoms with Crippen molar-refractivity contribution >= 4 is 23.1 Å². The van der Waals surface area contributed by atoms with E-state index in [1.54, 1.807) is 18.6 Å². The molecule has 4 heterocycles. The third-order valence-corrected chi connectivity index (χ3v) is 6.17. The number of hydrogen-bond acceptors (Lipinski definition) is 8. The third kappa shape index (κ3) is 5.73. The Kier molecular flexibility index (Phi) is 7.10. The topological polar surface area (TPSA) is 105 Å². The summed E-state index contributed by atoms with van der Waals surface area (Å²) in [5, 5.41) is 6.64. The van der Waals surface area contributed by atoms with E-state index >= 15 is 0 Å². The number of rotatable bonds is 8. The summed E-state index contributed by atoms with van der Waals surface area (Å²) in [4.78, 5) is 20.4. The fourth-order valence-electron chi connectivity index (χ4n) is 4.40. The lowest BCUT2D eigenvalue weighted by Crippen LogP contribution is -2.43. The zero-order valence-electron chi connectivity index (χ0n) is 19.7. The highest BCUT2D eigenvalue weighted by atomic mass is 15.2. The Balaban J connectivity index is 1.47. The maximum absolute atomic E-state index is 6.62. The molecule has 8 nitrogen and oxygen atoms in total. The Morgan fingerprint density at radius 3 is 2.57 bits per heavy atom. The van der Waals surface area contributed by atoms with E-state index in [0.29, 0.717) is 11.6 Å². The van der Waals surface area contributed by atoms with Gasteiger partial charge >= 0.3 is 0 Å². The molecule has 0 atom stereocenters. The van der Waals surface area contributed by atoms with Crippen molar-refractivity contribution in [1.82, 2.24) is 25.3 Å². The van der Waals surface area contributed by atoms with Crippen LogP contribution in [0.3, 0.4) is 0 Å². The minimum Gasteiger partial charge on any atom is -0.398 e. The quantitative estimate of drug-likeness (QED) is 0.360. The van der Waals surface area contributed by atoms with Crippen molar-refractivity contribution in [3.63, 3.8) is 0 Å². The van der Waals surface area contributed by atoms with E-state index in [9.17, 15) is 0 Å². The summed E-state index contributed by atoms with van der Waals surface area (Å²) in [5.41, 5.74) is 11.6. The summed E-state index contributed by atoms with van der Waals surface area (Å²) in [6.45, 7) is 3.78. The lowest BCUT2D eigenvalue weighted by Gasteiger charge is -2.28. The summed E-state index contributed by atoms with van der Waals surface area (Å²) < 4.78 is 0. The van der Waals surface area contributed by atoms with Crippen molar-refractivity contribution in [2.24, 2.45) is 0 Å². The molecule has 178 valence electrons. The van der Waals surface area contributed by atoms with Crippen LogP contribution in [0.2, 0.25) is 0 Å². The van der Waals surface area contributed by atoms with Crippen molar-refractivity contribution in [2.75, 3.05) is 42.1 Å². The van der Waals surface area contributed by atoms with Gasteiger partial charge in [0.05, 0.1) is 11.9 Å². The number of aromatic nitrogens is 4. The fourth-order valence-corrected chi connectivity index (χ4v) is 4.40. The molecule has 0 spiro atoms. The average Bonchev–Trinajstić information content (AvgIpc) is 2.91. The Morgan fingerprint density at radius 2 is 1.77 bits per heavy atom. The van der Waals surface area contributed by atoms with E-state index < -0.39 is 0 Å². The molecule has 4 aromatic rings. The zero-order chi connectivity index (χ0) is 23.9. The van der Waals surface area contributed by atoms with Gasteiger partial charge in [-0.25, -0.2) is 15.0 Å². The smallest absolute Gasteiger partial charge is 0.150 e. The van der Waals surface area contributed by atoms with Crippen LogP contribution in [0.5, 0.6) is 0 Å². The lowest BCUT2D eigenvalue weighted by atomic mass is 9.98. The van der Waals surface area contributed by atoms with Crippen molar-refractivity contribution < 1.29 is 0 Å². The van der Waals surface area contributed by atoms with Gasteiger partial charge in [0.25, 0.3) is 0 Å². The minimum absolute atomic E-state index is 0.624. The molecular weight excluding hydrogens is 436 g/mol. The van der Waals surface area contributed by atoms with Crippen molar-refractivity contribution in [1.29, 1.82) is 0 Å². The van der Waals surface area contributed by atoms with Crippen LogP contribution in [0.4, 0.5) is 23.1 Å². The summed E-state index contributed by atoms with van der Waals surface area (Å²) in [6.07, 6.45) is 9.62. The van der Waals surface area contributed by atoms with E-state index in [4.69, 9.17) is 10.7 Å². The molecule has 1 aliphatic rings. The van der Waals surface area contributed by atoms with E-state index in [-0.39, 0.29) is 0 Å². The standard InChI is InChI=1S/C27H30N8/c28-23-18-24(33-25-19-30-11-12-31-25)34-27(22(23)8-4-7-20-5-2-1-3-6-20)21-9-10-32-26(17-21)35-15-13-29-14-16-35/h1-3,5-6,9-12,17-19,29H,4,7-8,13-16H2,(H3,28,31,33,34). The number of nitrogen functional groups attached to an aromatic ring is 1. The number of nitrogens with one attached hydrogen (secondary N) is 2. The minimum atomic E-state index is 0.624. The van der Waals surface area contributed by atoms with Crippen LogP contribution in [0.15, 0.2) is 73.3 Å². The number of benzene rings is 1. The second-order valence-electron chi connectivity index (χ2n) is 8.62.